The maximum Gasteiger partial charge on any atom is 0.123 e. The Bertz CT molecular complexity index is 433. The lowest BCUT2D eigenvalue weighted by molar-refractivity contribution is 0.131. The third-order valence-electron chi connectivity index (χ3n) is 4.54. The van der Waals surface area contributed by atoms with Crippen molar-refractivity contribution < 1.29 is 4.74 Å². The number of hydrogen-bond donors (Lipinski definition) is 1. The molecule has 0 aromatic heterocycles. The Kier molecular flexibility index (Phi) is 5.44. The third kappa shape index (κ3) is 3.74. The highest BCUT2D eigenvalue weighted by Crippen LogP contribution is 2.27. The smallest absolute Gasteiger partial charge is 0.123 e. The van der Waals surface area contributed by atoms with Gasteiger partial charge in [0, 0.05) is 25.2 Å². The normalized spacial score (nSPS) is 23.8. The Morgan fingerprint density at radius 3 is 2.75 bits per heavy atom. The van der Waals surface area contributed by atoms with E-state index in [1.54, 1.807) is 7.11 Å². The fourth-order valence-electron chi connectivity index (χ4n) is 3.00. The van der Waals surface area contributed by atoms with Crippen LogP contribution < -0.4 is 10.1 Å². The van der Waals surface area contributed by atoms with Gasteiger partial charge in [0.15, 0.2) is 0 Å². The van der Waals surface area contributed by atoms with Crippen LogP contribution in [0.2, 0.25) is 0 Å². The molecule has 0 aliphatic carbocycles. The molecule has 3 nitrogen and oxygen atoms in total. The van der Waals surface area contributed by atoms with Crippen molar-refractivity contribution in [2.45, 2.75) is 33.4 Å². The van der Waals surface area contributed by atoms with Crippen molar-refractivity contribution >= 4 is 0 Å². The summed E-state index contributed by atoms with van der Waals surface area (Å²) in [6.07, 6.45) is 1.31. The van der Waals surface area contributed by atoms with Gasteiger partial charge in [0.25, 0.3) is 0 Å². The second-order valence-electron chi connectivity index (χ2n) is 6.15. The van der Waals surface area contributed by atoms with E-state index in [4.69, 9.17) is 4.74 Å². The maximum atomic E-state index is 5.52. The SMILES string of the molecule is CNCc1ccc(OC)c(CN2CCC(C)C(C)C2)c1. The van der Waals surface area contributed by atoms with Crippen molar-refractivity contribution in [2.24, 2.45) is 11.8 Å². The summed E-state index contributed by atoms with van der Waals surface area (Å²) in [5, 5.41) is 3.21. The van der Waals surface area contributed by atoms with Crippen molar-refractivity contribution in [2.75, 3.05) is 27.2 Å². The van der Waals surface area contributed by atoms with Gasteiger partial charge < -0.3 is 10.1 Å². The lowest BCUT2D eigenvalue weighted by Crippen LogP contribution is -2.37. The summed E-state index contributed by atoms with van der Waals surface area (Å²) in [7, 11) is 3.75. The van der Waals surface area contributed by atoms with Gasteiger partial charge >= 0.3 is 0 Å². The van der Waals surface area contributed by atoms with E-state index in [0.717, 1.165) is 30.7 Å². The zero-order valence-corrected chi connectivity index (χ0v) is 13.3. The van der Waals surface area contributed by atoms with E-state index in [-0.39, 0.29) is 0 Å². The number of nitrogens with one attached hydrogen (secondary N) is 1. The van der Waals surface area contributed by atoms with Crippen LogP contribution in [-0.4, -0.2) is 32.1 Å². The van der Waals surface area contributed by atoms with Crippen molar-refractivity contribution in [3.8, 4) is 5.75 Å². The number of ether oxygens (including phenoxy) is 1. The first-order chi connectivity index (χ1) is 9.63. The van der Waals surface area contributed by atoms with Crippen LogP contribution >= 0.6 is 0 Å². The molecule has 1 saturated heterocycles. The van der Waals surface area contributed by atoms with Crippen LogP contribution in [0.3, 0.4) is 0 Å². The fraction of sp³-hybridized carbons (Fsp3) is 0.647. The Morgan fingerprint density at radius 1 is 1.30 bits per heavy atom. The molecule has 1 heterocycles. The number of methoxy groups -OCH3 is 1. The number of rotatable bonds is 5. The van der Waals surface area contributed by atoms with Crippen LogP contribution in [0.4, 0.5) is 0 Å². The summed E-state index contributed by atoms with van der Waals surface area (Å²) in [5.41, 5.74) is 2.63. The number of hydrogen-bond acceptors (Lipinski definition) is 3. The predicted octanol–water partition coefficient (Wildman–Crippen LogP) is 2.89. The van der Waals surface area contributed by atoms with Crippen molar-refractivity contribution in [3.05, 3.63) is 29.3 Å². The number of likely N-dealkylation sites (tertiary alicyclic amines) is 1. The molecule has 1 aromatic carbocycles. The molecule has 1 fully saturated rings. The molecule has 2 rings (SSSR count). The highest BCUT2D eigenvalue weighted by atomic mass is 16.5. The predicted molar refractivity (Wildman–Crippen MR) is 84.0 cm³/mol. The molecule has 0 spiro atoms. The van der Waals surface area contributed by atoms with E-state index in [1.165, 1.54) is 30.6 Å². The number of piperidine rings is 1. The summed E-state index contributed by atoms with van der Waals surface area (Å²) in [4.78, 5) is 2.56. The van der Waals surface area contributed by atoms with Gasteiger partial charge in [-0.15, -0.1) is 0 Å². The monoisotopic (exact) mass is 276 g/mol. The molecule has 20 heavy (non-hydrogen) atoms. The minimum Gasteiger partial charge on any atom is -0.496 e. The largest absolute Gasteiger partial charge is 0.496 e. The summed E-state index contributed by atoms with van der Waals surface area (Å²) in [6.45, 7) is 9.04. The van der Waals surface area contributed by atoms with Gasteiger partial charge in [-0.2, -0.15) is 0 Å². The molecule has 2 atom stereocenters. The Hall–Kier alpha value is -1.06. The van der Waals surface area contributed by atoms with E-state index in [9.17, 15) is 0 Å². The fourth-order valence-corrected chi connectivity index (χ4v) is 3.00. The second-order valence-corrected chi connectivity index (χ2v) is 6.15. The van der Waals surface area contributed by atoms with E-state index in [1.807, 2.05) is 7.05 Å². The summed E-state index contributed by atoms with van der Waals surface area (Å²) in [5.74, 6) is 2.65. The average molecular weight is 276 g/mol. The van der Waals surface area contributed by atoms with E-state index in [0.29, 0.717) is 0 Å². The molecule has 1 aliphatic rings. The first-order valence-electron chi connectivity index (χ1n) is 7.66. The second kappa shape index (κ2) is 7.09. The topological polar surface area (TPSA) is 24.5 Å². The van der Waals surface area contributed by atoms with Crippen LogP contribution in [0.5, 0.6) is 5.75 Å². The molecule has 1 aliphatic heterocycles. The molecule has 3 heteroatoms. The van der Waals surface area contributed by atoms with Crippen molar-refractivity contribution in [1.82, 2.24) is 10.2 Å². The lowest BCUT2D eigenvalue weighted by Gasteiger charge is -2.35. The average Bonchev–Trinajstić information content (AvgIpc) is 2.44. The zero-order valence-electron chi connectivity index (χ0n) is 13.3. The molecule has 0 saturated carbocycles. The highest BCUT2D eigenvalue weighted by Gasteiger charge is 2.23. The maximum absolute atomic E-state index is 5.52. The van der Waals surface area contributed by atoms with E-state index in [2.05, 4.69) is 42.3 Å². The van der Waals surface area contributed by atoms with Crippen LogP contribution in [0, 0.1) is 11.8 Å². The van der Waals surface area contributed by atoms with Gasteiger partial charge in [0.05, 0.1) is 7.11 Å². The van der Waals surface area contributed by atoms with Crippen molar-refractivity contribution in [3.63, 3.8) is 0 Å². The Morgan fingerprint density at radius 2 is 2.10 bits per heavy atom. The minimum absolute atomic E-state index is 0.787. The summed E-state index contributed by atoms with van der Waals surface area (Å²) >= 11 is 0. The molecule has 1 N–H and O–H groups in total. The lowest BCUT2D eigenvalue weighted by atomic mass is 9.88. The van der Waals surface area contributed by atoms with Crippen LogP contribution in [-0.2, 0) is 13.1 Å². The summed E-state index contributed by atoms with van der Waals surface area (Å²) < 4.78 is 5.52. The van der Waals surface area contributed by atoms with Gasteiger partial charge in [-0.3, -0.25) is 4.90 Å². The number of benzene rings is 1. The first-order valence-corrected chi connectivity index (χ1v) is 7.66. The standard InChI is InChI=1S/C17H28N2O/c1-13-7-8-19(11-14(13)2)12-16-9-15(10-18-3)5-6-17(16)20-4/h5-6,9,13-14,18H,7-8,10-12H2,1-4H3. The molecule has 0 amide bonds. The zero-order chi connectivity index (χ0) is 14.5. The Balaban J connectivity index is 2.08. The molecule has 2 unspecified atom stereocenters. The third-order valence-corrected chi connectivity index (χ3v) is 4.54. The van der Waals surface area contributed by atoms with Crippen LogP contribution in [0.25, 0.3) is 0 Å². The quantitative estimate of drug-likeness (QED) is 0.895. The van der Waals surface area contributed by atoms with Gasteiger partial charge in [-0.1, -0.05) is 19.9 Å². The van der Waals surface area contributed by atoms with Crippen molar-refractivity contribution in [1.29, 1.82) is 0 Å². The van der Waals surface area contributed by atoms with Gasteiger partial charge in [0.1, 0.15) is 5.75 Å². The van der Waals surface area contributed by atoms with Gasteiger partial charge in [-0.05, 0) is 49.5 Å². The van der Waals surface area contributed by atoms with E-state index >= 15 is 0 Å². The molecular weight excluding hydrogens is 248 g/mol. The molecule has 1 aromatic rings. The molecule has 0 radical (unpaired) electrons. The molecule has 112 valence electrons. The number of nitrogens with zero attached hydrogens (tertiary/aromatic N) is 1. The van der Waals surface area contributed by atoms with Gasteiger partial charge in [0.2, 0.25) is 0 Å². The summed E-state index contributed by atoms with van der Waals surface area (Å²) in [6, 6.07) is 6.51. The molecular formula is C17H28N2O. The van der Waals surface area contributed by atoms with E-state index < -0.39 is 0 Å². The molecule has 0 bridgehead atoms. The highest BCUT2D eigenvalue weighted by molar-refractivity contribution is 5.37. The Labute approximate surface area is 123 Å². The van der Waals surface area contributed by atoms with Crippen LogP contribution in [0.15, 0.2) is 18.2 Å². The first kappa shape index (κ1) is 15.3. The van der Waals surface area contributed by atoms with Crippen LogP contribution in [0.1, 0.15) is 31.4 Å². The minimum atomic E-state index is 0.787. The van der Waals surface area contributed by atoms with Gasteiger partial charge in [-0.25, -0.2) is 0 Å².